The molecule has 4 saturated carbocycles. The normalized spacial score (nSPS) is 40.9. The first kappa shape index (κ1) is 21.2. The zero-order chi connectivity index (χ0) is 19.3. The lowest BCUT2D eigenvalue weighted by molar-refractivity contribution is 0.0995. The standard InChI is InChI=1S/C28H50/c1-3-23-19-21(2)20-27(23)26-18-17-25(28(26)24-14-8-5-9-15-24)16-10-13-22-11-6-4-7-12-22/h21-28H,3-20H2,1-2H3. The summed E-state index contributed by atoms with van der Waals surface area (Å²) in [5.74, 6) is 8.70. The minimum absolute atomic E-state index is 1.01. The Morgan fingerprint density at radius 1 is 0.643 bits per heavy atom. The monoisotopic (exact) mass is 386 g/mol. The van der Waals surface area contributed by atoms with Gasteiger partial charge in [0.05, 0.1) is 0 Å². The second kappa shape index (κ2) is 10.3. The number of rotatable bonds is 7. The first-order valence-corrected chi connectivity index (χ1v) is 13.8. The molecular weight excluding hydrogens is 336 g/mol. The van der Waals surface area contributed by atoms with E-state index in [1.807, 2.05) is 0 Å². The molecule has 0 spiro atoms. The lowest BCUT2D eigenvalue weighted by atomic mass is 9.66. The molecule has 28 heavy (non-hydrogen) atoms. The molecule has 4 aliphatic carbocycles. The van der Waals surface area contributed by atoms with Gasteiger partial charge in [0.1, 0.15) is 0 Å². The minimum atomic E-state index is 1.01. The predicted molar refractivity (Wildman–Crippen MR) is 122 cm³/mol. The van der Waals surface area contributed by atoms with Gasteiger partial charge in [0.2, 0.25) is 0 Å². The van der Waals surface area contributed by atoms with E-state index in [2.05, 4.69) is 13.8 Å². The van der Waals surface area contributed by atoms with Crippen molar-refractivity contribution in [1.29, 1.82) is 0 Å². The van der Waals surface area contributed by atoms with Crippen LogP contribution in [-0.2, 0) is 0 Å². The van der Waals surface area contributed by atoms with Gasteiger partial charge in [-0.05, 0) is 73.0 Å². The van der Waals surface area contributed by atoms with E-state index in [0.29, 0.717) is 0 Å². The van der Waals surface area contributed by atoms with Crippen LogP contribution in [0.2, 0.25) is 0 Å². The van der Waals surface area contributed by atoms with Gasteiger partial charge in [0.15, 0.2) is 0 Å². The summed E-state index contributed by atoms with van der Waals surface area (Å²) in [4.78, 5) is 0. The van der Waals surface area contributed by atoms with Crippen LogP contribution in [-0.4, -0.2) is 0 Å². The van der Waals surface area contributed by atoms with Crippen molar-refractivity contribution in [2.75, 3.05) is 0 Å². The molecule has 6 atom stereocenters. The maximum Gasteiger partial charge on any atom is -0.0326 e. The van der Waals surface area contributed by atoms with Gasteiger partial charge in [-0.25, -0.2) is 0 Å². The summed E-state index contributed by atoms with van der Waals surface area (Å²) in [5.41, 5.74) is 0. The minimum Gasteiger partial charge on any atom is -0.0651 e. The highest BCUT2D eigenvalue weighted by atomic mass is 14.5. The molecule has 0 heterocycles. The van der Waals surface area contributed by atoms with Gasteiger partial charge < -0.3 is 0 Å². The Kier molecular flexibility index (Phi) is 7.85. The average Bonchev–Trinajstić information content (AvgIpc) is 3.32. The molecule has 4 rings (SSSR count). The molecule has 0 saturated heterocycles. The Bertz CT molecular complexity index is 441. The molecule has 162 valence electrons. The van der Waals surface area contributed by atoms with Gasteiger partial charge in [-0.15, -0.1) is 0 Å². The molecule has 0 bridgehead atoms. The second-order valence-corrected chi connectivity index (χ2v) is 11.8. The topological polar surface area (TPSA) is 0 Å². The molecule has 0 heteroatoms. The van der Waals surface area contributed by atoms with Crippen LogP contribution in [0.15, 0.2) is 0 Å². The van der Waals surface area contributed by atoms with Gasteiger partial charge in [0, 0.05) is 0 Å². The molecule has 0 amide bonds. The van der Waals surface area contributed by atoms with Gasteiger partial charge in [-0.1, -0.05) is 104 Å². The third-order valence-electron chi connectivity index (χ3n) is 10.1. The summed E-state index contributed by atoms with van der Waals surface area (Å²) in [5, 5.41) is 0. The van der Waals surface area contributed by atoms with Gasteiger partial charge >= 0.3 is 0 Å². The van der Waals surface area contributed by atoms with Crippen molar-refractivity contribution in [2.24, 2.45) is 47.3 Å². The smallest absolute Gasteiger partial charge is 0.0326 e. The Labute approximate surface area is 177 Å². The molecule has 4 fully saturated rings. The van der Waals surface area contributed by atoms with Crippen LogP contribution >= 0.6 is 0 Å². The van der Waals surface area contributed by atoms with E-state index in [9.17, 15) is 0 Å². The Morgan fingerprint density at radius 2 is 1.36 bits per heavy atom. The molecule has 0 radical (unpaired) electrons. The Hall–Kier alpha value is 0. The highest BCUT2D eigenvalue weighted by molar-refractivity contribution is 4.97. The van der Waals surface area contributed by atoms with Gasteiger partial charge in [-0.2, -0.15) is 0 Å². The average molecular weight is 387 g/mol. The van der Waals surface area contributed by atoms with E-state index in [1.54, 1.807) is 83.5 Å². The fraction of sp³-hybridized carbons (Fsp3) is 1.00. The van der Waals surface area contributed by atoms with Crippen LogP contribution in [0.1, 0.15) is 129 Å². The molecule has 4 aliphatic rings. The molecule has 0 aromatic rings. The summed E-state index contributed by atoms with van der Waals surface area (Å²) in [6, 6.07) is 0. The fourth-order valence-corrected chi connectivity index (χ4v) is 8.81. The van der Waals surface area contributed by atoms with Crippen LogP contribution in [0.4, 0.5) is 0 Å². The van der Waals surface area contributed by atoms with Crippen LogP contribution in [0.25, 0.3) is 0 Å². The van der Waals surface area contributed by atoms with Crippen molar-refractivity contribution >= 4 is 0 Å². The van der Waals surface area contributed by atoms with E-state index < -0.39 is 0 Å². The Balaban J connectivity index is 1.39. The molecule has 0 aromatic carbocycles. The van der Waals surface area contributed by atoms with Gasteiger partial charge in [-0.3, -0.25) is 0 Å². The first-order valence-electron chi connectivity index (χ1n) is 13.8. The molecular formula is C28H50. The third-order valence-corrected chi connectivity index (χ3v) is 10.1. The summed E-state index contributed by atoms with van der Waals surface area (Å²) < 4.78 is 0. The summed E-state index contributed by atoms with van der Waals surface area (Å²) >= 11 is 0. The molecule has 0 nitrogen and oxygen atoms in total. The van der Waals surface area contributed by atoms with Crippen molar-refractivity contribution in [1.82, 2.24) is 0 Å². The maximum absolute atomic E-state index is 2.55. The van der Waals surface area contributed by atoms with Crippen LogP contribution < -0.4 is 0 Å². The van der Waals surface area contributed by atoms with E-state index in [-0.39, 0.29) is 0 Å². The number of hydrogen-bond donors (Lipinski definition) is 0. The Morgan fingerprint density at radius 3 is 2.07 bits per heavy atom. The van der Waals surface area contributed by atoms with E-state index in [1.165, 1.54) is 32.1 Å². The summed E-state index contributed by atoms with van der Waals surface area (Å²) in [7, 11) is 0. The van der Waals surface area contributed by atoms with Crippen molar-refractivity contribution in [3.05, 3.63) is 0 Å². The van der Waals surface area contributed by atoms with Crippen molar-refractivity contribution < 1.29 is 0 Å². The molecule has 6 unspecified atom stereocenters. The second-order valence-electron chi connectivity index (χ2n) is 11.8. The van der Waals surface area contributed by atoms with E-state index in [0.717, 1.165) is 47.3 Å². The quantitative estimate of drug-likeness (QED) is 0.409. The zero-order valence-corrected chi connectivity index (χ0v) is 19.3. The zero-order valence-electron chi connectivity index (χ0n) is 19.3. The molecule has 0 aliphatic heterocycles. The first-order chi connectivity index (χ1) is 13.8. The molecule has 0 aromatic heterocycles. The lowest BCUT2D eigenvalue weighted by Gasteiger charge is -2.39. The predicted octanol–water partition coefficient (Wildman–Crippen LogP) is 9.03. The van der Waals surface area contributed by atoms with Crippen molar-refractivity contribution in [3.8, 4) is 0 Å². The summed E-state index contributed by atoms with van der Waals surface area (Å²) in [6.45, 7) is 5.04. The van der Waals surface area contributed by atoms with Crippen molar-refractivity contribution in [2.45, 2.75) is 129 Å². The fourth-order valence-electron chi connectivity index (χ4n) is 8.81. The van der Waals surface area contributed by atoms with Crippen LogP contribution in [0, 0.1) is 47.3 Å². The highest BCUT2D eigenvalue weighted by Gasteiger charge is 2.47. The van der Waals surface area contributed by atoms with E-state index in [4.69, 9.17) is 0 Å². The largest absolute Gasteiger partial charge is 0.0651 e. The maximum atomic E-state index is 2.55. The van der Waals surface area contributed by atoms with Gasteiger partial charge in [0.25, 0.3) is 0 Å². The SMILES string of the molecule is CCC1CC(C)CC1C1CCC(CCCC2CCCCC2)C1C1CCCCC1. The van der Waals surface area contributed by atoms with Crippen molar-refractivity contribution in [3.63, 3.8) is 0 Å². The highest BCUT2D eigenvalue weighted by Crippen LogP contribution is 2.56. The number of hydrogen-bond acceptors (Lipinski definition) is 0. The molecule has 0 N–H and O–H groups in total. The van der Waals surface area contributed by atoms with E-state index >= 15 is 0 Å². The third kappa shape index (κ3) is 5.00. The summed E-state index contributed by atoms with van der Waals surface area (Å²) in [6.07, 6.45) is 27.9. The van der Waals surface area contributed by atoms with Crippen LogP contribution in [0.3, 0.4) is 0 Å². The lowest BCUT2D eigenvalue weighted by Crippen LogP contribution is -2.32. The van der Waals surface area contributed by atoms with Crippen LogP contribution in [0.5, 0.6) is 0 Å².